The molecule has 1 atom stereocenters. The lowest BCUT2D eigenvalue weighted by atomic mass is 10.0. The van der Waals surface area contributed by atoms with E-state index in [1.807, 2.05) is 30.3 Å². The predicted octanol–water partition coefficient (Wildman–Crippen LogP) is 6.77. The van der Waals surface area contributed by atoms with Gasteiger partial charge in [-0.2, -0.15) is 0 Å². The first-order valence-electron chi connectivity index (χ1n) is 5.50. The smallest absolute Gasteiger partial charge is 0.0636 e. The van der Waals surface area contributed by atoms with Crippen molar-refractivity contribution in [2.75, 3.05) is 0 Å². The van der Waals surface area contributed by atoms with E-state index in [0.717, 1.165) is 14.7 Å². The Balaban J connectivity index is 2.22. The monoisotopic (exact) mass is 444 g/mol. The van der Waals surface area contributed by atoms with Crippen molar-refractivity contribution in [3.8, 4) is 0 Å². The third-order valence-electron chi connectivity index (χ3n) is 2.69. The molecule has 0 radical (unpaired) electrons. The van der Waals surface area contributed by atoms with Gasteiger partial charge in [-0.1, -0.05) is 40.9 Å². The molecule has 0 aliphatic heterocycles. The quantitative estimate of drug-likeness (QED) is 0.361. The molecule has 0 aliphatic rings. The molecule has 0 N–H and O–H groups in total. The lowest BCUT2D eigenvalue weighted by Crippen LogP contribution is -1.98. The maximum Gasteiger partial charge on any atom is 0.0636 e. The third kappa shape index (κ3) is 4.15. The predicted molar refractivity (Wildman–Crippen MR) is 92.9 cm³/mol. The maximum absolute atomic E-state index is 6.47. The van der Waals surface area contributed by atoms with Crippen molar-refractivity contribution in [1.82, 2.24) is 0 Å². The van der Waals surface area contributed by atoms with Gasteiger partial charge in [0.2, 0.25) is 0 Å². The largest absolute Gasteiger partial charge is 0.117 e. The zero-order valence-corrected chi connectivity index (χ0v) is 14.8. The lowest BCUT2D eigenvalue weighted by Gasteiger charge is -2.13. The Morgan fingerprint density at radius 3 is 2.37 bits per heavy atom. The van der Waals surface area contributed by atoms with Crippen LogP contribution in [0.25, 0.3) is 0 Å². The highest BCUT2D eigenvalue weighted by Gasteiger charge is 2.13. The molecule has 2 rings (SSSR count). The lowest BCUT2D eigenvalue weighted by molar-refractivity contribution is 0.914. The first kappa shape index (κ1) is 15.7. The molecule has 1 unspecified atom stereocenters. The van der Waals surface area contributed by atoms with Gasteiger partial charge in [0, 0.05) is 8.59 Å². The molecular weight excluding hydrogens is 437 g/mol. The second kappa shape index (κ2) is 6.86. The van der Waals surface area contributed by atoms with Crippen LogP contribution in [0.3, 0.4) is 0 Å². The van der Waals surface area contributed by atoms with Crippen LogP contribution in [0.1, 0.15) is 16.5 Å². The molecule has 0 saturated carbocycles. The van der Waals surface area contributed by atoms with E-state index in [2.05, 4.69) is 22.6 Å². The SMILES string of the molecule is Clc1ccc(I)c(C(Cl)Cc2ccc(Cl)c(Cl)c2)c1. The first-order chi connectivity index (χ1) is 8.97. The van der Waals surface area contributed by atoms with Crippen LogP contribution in [-0.4, -0.2) is 0 Å². The summed E-state index contributed by atoms with van der Waals surface area (Å²) in [6, 6.07) is 11.3. The van der Waals surface area contributed by atoms with E-state index in [1.165, 1.54) is 0 Å². The van der Waals surface area contributed by atoms with Crippen molar-refractivity contribution in [3.05, 3.63) is 66.2 Å². The van der Waals surface area contributed by atoms with Gasteiger partial charge in [-0.25, -0.2) is 0 Å². The van der Waals surface area contributed by atoms with E-state index >= 15 is 0 Å². The first-order valence-corrected chi connectivity index (χ1v) is 8.15. The zero-order valence-electron chi connectivity index (χ0n) is 9.64. The van der Waals surface area contributed by atoms with Crippen molar-refractivity contribution >= 4 is 69.0 Å². The summed E-state index contributed by atoms with van der Waals surface area (Å²) >= 11 is 26.6. The van der Waals surface area contributed by atoms with Crippen molar-refractivity contribution in [2.24, 2.45) is 0 Å². The van der Waals surface area contributed by atoms with E-state index in [9.17, 15) is 0 Å². The average molecular weight is 446 g/mol. The molecule has 0 aliphatic carbocycles. The molecule has 0 aromatic heterocycles. The molecule has 0 fully saturated rings. The Labute approximate surface area is 146 Å². The third-order valence-corrected chi connectivity index (χ3v) is 5.04. The average Bonchev–Trinajstić information content (AvgIpc) is 2.36. The van der Waals surface area contributed by atoms with Gasteiger partial charge in [-0.15, -0.1) is 11.6 Å². The van der Waals surface area contributed by atoms with E-state index < -0.39 is 0 Å². The van der Waals surface area contributed by atoms with E-state index in [-0.39, 0.29) is 5.38 Å². The summed E-state index contributed by atoms with van der Waals surface area (Å²) in [4.78, 5) is 0. The zero-order chi connectivity index (χ0) is 14.0. The van der Waals surface area contributed by atoms with Crippen molar-refractivity contribution < 1.29 is 0 Å². The van der Waals surface area contributed by atoms with Gasteiger partial charge in [0.25, 0.3) is 0 Å². The van der Waals surface area contributed by atoms with Crippen LogP contribution >= 0.6 is 69.0 Å². The van der Waals surface area contributed by atoms with Crippen molar-refractivity contribution in [3.63, 3.8) is 0 Å². The van der Waals surface area contributed by atoms with E-state index in [1.54, 1.807) is 6.07 Å². The summed E-state index contributed by atoms with van der Waals surface area (Å²) in [5, 5.41) is 1.63. The van der Waals surface area contributed by atoms with E-state index in [4.69, 9.17) is 46.4 Å². The maximum atomic E-state index is 6.47. The molecule has 0 bridgehead atoms. The molecular formula is C14H9Cl4I. The van der Waals surface area contributed by atoms with Gasteiger partial charge in [0.1, 0.15) is 0 Å². The van der Waals surface area contributed by atoms with Gasteiger partial charge < -0.3 is 0 Å². The van der Waals surface area contributed by atoms with Crippen LogP contribution in [0.2, 0.25) is 15.1 Å². The molecule has 5 heteroatoms. The summed E-state index contributed by atoms with van der Waals surface area (Å²) in [6.07, 6.45) is 0.675. The second-order valence-electron chi connectivity index (χ2n) is 4.09. The summed E-state index contributed by atoms with van der Waals surface area (Å²) in [5.41, 5.74) is 2.08. The van der Waals surface area contributed by atoms with Gasteiger partial charge in [0.05, 0.1) is 15.4 Å². The number of rotatable bonds is 3. The van der Waals surface area contributed by atoms with Gasteiger partial charge >= 0.3 is 0 Å². The summed E-state index contributed by atoms with van der Waals surface area (Å²) < 4.78 is 1.10. The minimum Gasteiger partial charge on any atom is -0.117 e. The number of halogens is 5. The molecule has 0 nitrogen and oxygen atoms in total. The van der Waals surface area contributed by atoms with Crippen LogP contribution in [0.4, 0.5) is 0 Å². The molecule has 0 spiro atoms. The molecule has 0 heterocycles. The number of hydrogen-bond donors (Lipinski definition) is 0. The van der Waals surface area contributed by atoms with Crippen LogP contribution in [0.5, 0.6) is 0 Å². The van der Waals surface area contributed by atoms with E-state index in [0.29, 0.717) is 21.5 Å². The molecule has 0 amide bonds. The molecule has 19 heavy (non-hydrogen) atoms. The van der Waals surface area contributed by atoms with Crippen LogP contribution in [0.15, 0.2) is 36.4 Å². The Bertz CT molecular complexity index is 598. The normalized spacial score (nSPS) is 12.5. The minimum atomic E-state index is -0.150. The summed E-state index contributed by atoms with van der Waals surface area (Å²) in [6.45, 7) is 0. The fraction of sp³-hybridized carbons (Fsp3) is 0.143. The highest BCUT2D eigenvalue weighted by atomic mass is 127. The van der Waals surface area contributed by atoms with Crippen molar-refractivity contribution in [1.29, 1.82) is 0 Å². The Hall–Kier alpha value is 0.330. The Kier molecular flexibility index (Phi) is 5.67. The highest BCUT2D eigenvalue weighted by molar-refractivity contribution is 14.1. The highest BCUT2D eigenvalue weighted by Crippen LogP contribution is 2.32. The standard InChI is InChI=1S/C14H9Cl4I/c15-9-2-4-14(19)10(7-9)12(17)5-8-1-3-11(16)13(18)6-8/h1-4,6-7,12H,5H2. The summed E-state index contributed by atoms with van der Waals surface area (Å²) in [5.74, 6) is 0. The van der Waals surface area contributed by atoms with Crippen LogP contribution in [0, 0.1) is 3.57 Å². The number of benzene rings is 2. The van der Waals surface area contributed by atoms with Gasteiger partial charge in [-0.3, -0.25) is 0 Å². The molecule has 0 saturated heterocycles. The Morgan fingerprint density at radius 1 is 0.947 bits per heavy atom. The Morgan fingerprint density at radius 2 is 1.68 bits per heavy atom. The molecule has 2 aromatic rings. The fourth-order valence-electron chi connectivity index (χ4n) is 1.74. The topological polar surface area (TPSA) is 0 Å². The number of alkyl halides is 1. The van der Waals surface area contributed by atoms with Gasteiger partial charge in [-0.05, 0) is 70.5 Å². The minimum absolute atomic E-state index is 0.150. The molecule has 100 valence electrons. The fourth-order valence-corrected chi connectivity index (χ4v) is 3.49. The molecule has 2 aromatic carbocycles. The second-order valence-corrected chi connectivity index (χ2v) is 7.03. The van der Waals surface area contributed by atoms with Crippen LogP contribution in [-0.2, 0) is 6.42 Å². The van der Waals surface area contributed by atoms with Gasteiger partial charge in [0.15, 0.2) is 0 Å². The van der Waals surface area contributed by atoms with Crippen LogP contribution < -0.4 is 0 Å². The number of hydrogen-bond acceptors (Lipinski definition) is 0. The summed E-state index contributed by atoms with van der Waals surface area (Å²) in [7, 11) is 0. The van der Waals surface area contributed by atoms with Crippen molar-refractivity contribution in [2.45, 2.75) is 11.8 Å².